The predicted molar refractivity (Wildman–Crippen MR) is 90.9 cm³/mol. The molecule has 2 heterocycles. The van der Waals surface area contributed by atoms with Crippen molar-refractivity contribution in [3.63, 3.8) is 0 Å². The van der Waals surface area contributed by atoms with Crippen molar-refractivity contribution in [2.24, 2.45) is 0 Å². The summed E-state index contributed by atoms with van der Waals surface area (Å²) in [6.45, 7) is 4.37. The summed E-state index contributed by atoms with van der Waals surface area (Å²) >= 11 is 1.66. The lowest BCUT2D eigenvalue weighted by atomic mass is 10.2. The Kier molecular flexibility index (Phi) is 5.56. The second-order valence-corrected chi connectivity index (χ2v) is 6.73. The average molecular weight is 317 g/mol. The smallest absolute Gasteiger partial charge is 0.107 e. The normalized spacial score (nSPS) is 17.0. The van der Waals surface area contributed by atoms with Gasteiger partial charge in [0, 0.05) is 30.6 Å². The highest BCUT2D eigenvalue weighted by Gasteiger charge is 2.15. The van der Waals surface area contributed by atoms with Crippen LogP contribution in [0.25, 0.3) is 11.3 Å². The molecule has 5 heteroatoms. The molecule has 1 aliphatic rings. The van der Waals surface area contributed by atoms with Crippen molar-refractivity contribution in [2.75, 3.05) is 26.2 Å². The summed E-state index contributed by atoms with van der Waals surface area (Å²) in [5.41, 5.74) is 2.18. The molecule has 0 saturated carbocycles. The molecule has 1 fully saturated rings. The summed E-state index contributed by atoms with van der Waals surface area (Å²) < 4.78 is 0. The maximum Gasteiger partial charge on any atom is 0.107 e. The van der Waals surface area contributed by atoms with E-state index in [1.165, 1.54) is 12.8 Å². The van der Waals surface area contributed by atoms with Gasteiger partial charge in [-0.3, -0.25) is 0 Å². The highest BCUT2D eigenvalue weighted by molar-refractivity contribution is 7.09. The summed E-state index contributed by atoms with van der Waals surface area (Å²) in [5, 5.41) is 16.5. The van der Waals surface area contributed by atoms with Crippen LogP contribution in [0.15, 0.2) is 35.7 Å². The minimum Gasteiger partial charge on any atom is -0.390 e. The molecule has 0 amide bonds. The SMILES string of the molecule is OC(CNCc1nc(-c2ccccc2)cs1)CN1CCCC1. The van der Waals surface area contributed by atoms with E-state index in [2.05, 4.69) is 32.7 Å². The van der Waals surface area contributed by atoms with E-state index in [9.17, 15) is 5.11 Å². The Hall–Kier alpha value is -1.27. The number of hydrogen-bond donors (Lipinski definition) is 2. The van der Waals surface area contributed by atoms with Gasteiger partial charge in [0.25, 0.3) is 0 Å². The van der Waals surface area contributed by atoms with Gasteiger partial charge in [0.2, 0.25) is 0 Å². The monoisotopic (exact) mass is 317 g/mol. The van der Waals surface area contributed by atoms with Gasteiger partial charge in [0.05, 0.1) is 11.8 Å². The number of nitrogens with zero attached hydrogens (tertiary/aromatic N) is 2. The van der Waals surface area contributed by atoms with E-state index >= 15 is 0 Å². The molecule has 3 rings (SSSR count). The molecule has 0 aliphatic carbocycles. The zero-order valence-corrected chi connectivity index (χ0v) is 13.6. The van der Waals surface area contributed by atoms with Crippen LogP contribution in [0.1, 0.15) is 17.8 Å². The van der Waals surface area contributed by atoms with E-state index in [4.69, 9.17) is 0 Å². The van der Waals surface area contributed by atoms with Gasteiger partial charge in [-0.15, -0.1) is 11.3 Å². The van der Waals surface area contributed by atoms with Gasteiger partial charge in [-0.1, -0.05) is 30.3 Å². The zero-order valence-electron chi connectivity index (χ0n) is 12.7. The van der Waals surface area contributed by atoms with Gasteiger partial charge in [-0.2, -0.15) is 0 Å². The molecule has 118 valence electrons. The van der Waals surface area contributed by atoms with Crippen LogP contribution in [-0.2, 0) is 6.54 Å². The van der Waals surface area contributed by atoms with Crippen molar-refractivity contribution >= 4 is 11.3 Å². The first-order chi connectivity index (χ1) is 10.8. The largest absolute Gasteiger partial charge is 0.390 e. The van der Waals surface area contributed by atoms with Gasteiger partial charge in [0.15, 0.2) is 0 Å². The summed E-state index contributed by atoms with van der Waals surface area (Å²) in [7, 11) is 0. The summed E-state index contributed by atoms with van der Waals surface area (Å²) in [6, 6.07) is 10.2. The molecular weight excluding hydrogens is 294 g/mol. The maximum absolute atomic E-state index is 10.0. The number of rotatable bonds is 7. The van der Waals surface area contributed by atoms with Crippen molar-refractivity contribution in [3.8, 4) is 11.3 Å². The first-order valence-corrected chi connectivity index (χ1v) is 8.80. The Labute approximate surface area is 135 Å². The summed E-state index contributed by atoms with van der Waals surface area (Å²) in [4.78, 5) is 6.98. The van der Waals surface area contributed by atoms with Crippen LogP contribution in [0, 0.1) is 0 Å². The molecule has 0 bridgehead atoms. The predicted octanol–water partition coefficient (Wildman–Crippen LogP) is 2.36. The average Bonchev–Trinajstić information content (AvgIpc) is 3.20. The van der Waals surface area contributed by atoms with Crippen molar-refractivity contribution < 1.29 is 5.11 Å². The van der Waals surface area contributed by atoms with E-state index in [1.807, 2.05) is 18.2 Å². The molecule has 0 radical (unpaired) electrons. The molecule has 22 heavy (non-hydrogen) atoms. The van der Waals surface area contributed by atoms with E-state index < -0.39 is 0 Å². The Morgan fingerprint density at radius 3 is 2.77 bits per heavy atom. The van der Waals surface area contributed by atoms with E-state index in [1.54, 1.807) is 11.3 Å². The van der Waals surface area contributed by atoms with Crippen molar-refractivity contribution in [3.05, 3.63) is 40.7 Å². The van der Waals surface area contributed by atoms with Gasteiger partial charge in [0.1, 0.15) is 5.01 Å². The molecule has 1 aromatic heterocycles. The van der Waals surface area contributed by atoms with Crippen molar-refractivity contribution in [2.45, 2.75) is 25.5 Å². The Bertz CT molecular complexity index is 566. The second-order valence-electron chi connectivity index (χ2n) is 5.78. The van der Waals surface area contributed by atoms with E-state index in [0.29, 0.717) is 13.1 Å². The fourth-order valence-corrected chi connectivity index (χ4v) is 3.58. The van der Waals surface area contributed by atoms with Crippen LogP contribution in [0.5, 0.6) is 0 Å². The maximum atomic E-state index is 10.0. The van der Waals surface area contributed by atoms with Crippen molar-refractivity contribution in [1.82, 2.24) is 15.2 Å². The van der Waals surface area contributed by atoms with Gasteiger partial charge < -0.3 is 15.3 Å². The molecule has 2 N–H and O–H groups in total. The molecule has 0 spiro atoms. The number of hydrogen-bond acceptors (Lipinski definition) is 5. The Morgan fingerprint density at radius 2 is 2.00 bits per heavy atom. The number of aromatic nitrogens is 1. The fourth-order valence-electron chi connectivity index (χ4n) is 2.81. The number of β-amino-alcohol motifs (C(OH)–C–C–N with tert-alkyl or cyclic N) is 1. The Balaban J connectivity index is 1.43. The topological polar surface area (TPSA) is 48.4 Å². The first kappa shape index (κ1) is 15.6. The molecule has 1 unspecified atom stereocenters. The van der Waals surface area contributed by atoms with Crippen LogP contribution in [0.4, 0.5) is 0 Å². The van der Waals surface area contributed by atoms with Gasteiger partial charge in [-0.25, -0.2) is 4.98 Å². The molecule has 4 nitrogen and oxygen atoms in total. The first-order valence-electron chi connectivity index (χ1n) is 7.92. The molecule has 1 atom stereocenters. The van der Waals surface area contributed by atoms with Gasteiger partial charge >= 0.3 is 0 Å². The fraction of sp³-hybridized carbons (Fsp3) is 0.471. The molecule has 2 aromatic rings. The summed E-state index contributed by atoms with van der Waals surface area (Å²) in [5.74, 6) is 0. The zero-order chi connectivity index (χ0) is 15.2. The van der Waals surface area contributed by atoms with Gasteiger partial charge in [-0.05, 0) is 25.9 Å². The van der Waals surface area contributed by atoms with Crippen molar-refractivity contribution in [1.29, 1.82) is 0 Å². The number of thiazole rings is 1. The van der Waals surface area contributed by atoms with E-state index in [-0.39, 0.29) is 6.10 Å². The highest BCUT2D eigenvalue weighted by atomic mass is 32.1. The van der Waals surface area contributed by atoms with Crippen LogP contribution >= 0.6 is 11.3 Å². The highest BCUT2D eigenvalue weighted by Crippen LogP contribution is 2.21. The van der Waals surface area contributed by atoms with Crippen LogP contribution in [0.2, 0.25) is 0 Å². The molecule has 1 aromatic carbocycles. The van der Waals surface area contributed by atoms with Crippen LogP contribution < -0.4 is 5.32 Å². The number of benzene rings is 1. The van der Waals surface area contributed by atoms with E-state index in [0.717, 1.165) is 35.9 Å². The Morgan fingerprint density at radius 1 is 1.23 bits per heavy atom. The molecular formula is C17H23N3OS. The second kappa shape index (κ2) is 7.83. The minimum atomic E-state index is -0.299. The third-order valence-corrected chi connectivity index (χ3v) is 4.79. The molecule has 1 aliphatic heterocycles. The lowest BCUT2D eigenvalue weighted by Crippen LogP contribution is -2.36. The molecule has 1 saturated heterocycles. The number of nitrogens with one attached hydrogen (secondary N) is 1. The summed E-state index contributed by atoms with van der Waals surface area (Å²) in [6.07, 6.45) is 2.23. The standard InChI is InChI=1S/C17H23N3OS/c21-15(12-20-8-4-5-9-20)10-18-11-17-19-16(13-22-17)14-6-2-1-3-7-14/h1-3,6-7,13,15,18,21H,4-5,8-12H2. The lowest BCUT2D eigenvalue weighted by molar-refractivity contribution is 0.123. The number of likely N-dealkylation sites (tertiary alicyclic amines) is 1. The third kappa shape index (κ3) is 4.36. The van der Waals surface area contributed by atoms with Crippen LogP contribution in [-0.4, -0.2) is 47.3 Å². The quantitative estimate of drug-likeness (QED) is 0.823. The third-order valence-electron chi connectivity index (χ3n) is 3.95. The number of aliphatic hydroxyl groups excluding tert-OH is 1. The van der Waals surface area contributed by atoms with Crippen LogP contribution in [0.3, 0.4) is 0 Å². The minimum absolute atomic E-state index is 0.299. The number of aliphatic hydroxyl groups is 1. The lowest BCUT2D eigenvalue weighted by Gasteiger charge is -2.19.